The molecule has 1 amide bonds. The van der Waals surface area contributed by atoms with E-state index < -0.39 is 23.2 Å². The molecule has 0 saturated heterocycles. The van der Waals surface area contributed by atoms with Gasteiger partial charge in [0.25, 0.3) is 0 Å². The summed E-state index contributed by atoms with van der Waals surface area (Å²) < 4.78 is 54.8. The zero-order valence-electron chi connectivity index (χ0n) is 15.7. The van der Waals surface area contributed by atoms with Gasteiger partial charge in [-0.25, -0.2) is 0 Å². The lowest BCUT2D eigenvalue weighted by Crippen LogP contribution is -2.24. The molecule has 0 spiro atoms. The van der Waals surface area contributed by atoms with Gasteiger partial charge in [0.1, 0.15) is 5.75 Å². The van der Waals surface area contributed by atoms with Crippen LogP contribution in [0.3, 0.4) is 0 Å². The van der Waals surface area contributed by atoms with Gasteiger partial charge in [-0.3, -0.25) is 9.59 Å². The summed E-state index contributed by atoms with van der Waals surface area (Å²) in [5.41, 5.74) is 0.515. The number of nitrogens with one attached hydrogen (secondary N) is 1. The molecule has 0 unspecified atom stereocenters. The standard InChI is InChI=1S/C20H19F4NO4S/c21-18-15(12-5-7-14(8-6-12)29-20(22,23)24)10-17(30-18)25-16(26)9-11-1-3-13(4-2-11)19(27)28/h5-8,10-11,13H,1-4,9H2,(H,25,26)(H,27,28). The Labute approximate surface area is 173 Å². The number of ether oxygens (including phenoxy) is 1. The average Bonchev–Trinajstić information content (AvgIpc) is 3.01. The summed E-state index contributed by atoms with van der Waals surface area (Å²) in [5, 5.41) is 11.4. The van der Waals surface area contributed by atoms with Gasteiger partial charge in [-0.15, -0.1) is 13.2 Å². The van der Waals surface area contributed by atoms with Crippen LogP contribution >= 0.6 is 11.3 Å². The van der Waals surface area contributed by atoms with Crippen molar-refractivity contribution in [3.63, 3.8) is 0 Å². The van der Waals surface area contributed by atoms with E-state index in [1.807, 2.05) is 0 Å². The van der Waals surface area contributed by atoms with Gasteiger partial charge < -0.3 is 15.2 Å². The van der Waals surface area contributed by atoms with Crippen LogP contribution in [0.15, 0.2) is 30.3 Å². The normalized spacial score (nSPS) is 19.3. The Hall–Kier alpha value is -2.62. The fourth-order valence-corrected chi connectivity index (χ4v) is 4.35. The van der Waals surface area contributed by atoms with Crippen LogP contribution < -0.4 is 10.1 Å². The van der Waals surface area contributed by atoms with E-state index in [0.717, 1.165) is 23.5 Å². The molecule has 1 aliphatic rings. The second-order valence-electron chi connectivity index (χ2n) is 7.18. The molecule has 10 heteroatoms. The third-order valence-electron chi connectivity index (χ3n) is 5.02. The van der Waals surface area contributed by atoms with Crippen LogP contribution in [-0.2, 0) is 9.59 Å². The smallest absolute Gasteiger partial charge is 0.481 e. The summed E-state index contributed by atoms with van der Waals surface area (Å²) in [6.07, 6.45) is -2.19. The average molecular weight is 445 g/mol. The molecule has 1 heterocycles. The van der Waals surface area contributed by atoms with Crippen LogP contribution in [0.25, 0.3) is 11.1 Å². The zero-order valence-corrected chi connectivity index (χ0v) is 16.5. The number of thiophene rings is 1. The number of benzene rings is 1. The maximum Gasteiger partial charge on any atom is 0.573 e. The molecule has 1 aromatic carbocycles. The van der Waals surface area contributed by atoms with E-state index in [9.17, 15) is 27.2 Å². The molecule has 0 atom stereocenters. The lowest BCUT2D eigenvalue weighted by atomic mass is 9.80. The monoisotopic (exact) mass is 445 g/mol. The molecule has 2 N–H and O–H groups in total. The Kier molecular flexibility index (Phi) is 6.64. The molecule has 162 valence electrons. The summed E-state index contributed by atoms with van der Waals surface area (Å²) in [4.78, 5) is 23.2. The summed E-state index contributed by atoms with van der Waals surface area (Å²) in [7, 11) is 0. The topological polar surface area (TPSA) is 75.6 Å². The molecular formula is C20H19F4NO4S. The Morgan fingerprint density at radius 2 is 1.77 bits per heavy atom. The minimum Gasteiger partial charge on any atom is -0.481 e. The fourth-order valence-electron chi connectivity index (χ4n) is 3.53. The maximum absolute atomic E-state index is 14.3. The highest BCUT2D eigenvalue weighted by Gasteiger charge is 2.31. The third-order valence-corrected chi connectivity index (χ3v) is 5.86. The summed E-state index contributed by atoms with van der Waals surface area (Å²) in [5.74, 6) is -1.77. The molecule has 30 heavy (non-hydrogen) atoms. The SMILES string of the molecule is O=C(CC1CCC(C(=O)O)CC1)Nc1cc(-c2ccc(OC(F)(F)F)cc2)c(F)s1. The van der Waals surface area contributed by atoms with Gasteiger partial charge in [-0.1, -0.05) is 23.5 Å². The number of hydrogen-bond acceptors (Lipinski definition) is 4. The van der Waals surface area contributed by atoms with E-state index in [0.29, 0.717) is 36.2 Å². The van der Waals surface area contributed by atoms with Crippen LogP contribution in [0.5, 0.6) is 5.75 Å². The second-order valence-corrected chi connectivity index (χ2v) is 8.18. The first-order valence-electron chi connectivity index (χ1n) is 9.29. The van der Waals surface area contributed by atoms with Crippen molar-refractivity contribution in [3.05, 3.63) is 35.5 Å². The molecule has 0 aliphatic heterocycles. The number of carboxylic acids is 1. The van der Waals surface area contributed by atoms with Crippen molar-refractivity contribution in [2.24, 2.45) is 11.8 Å². The molecule has 3 rings (SSSR count). The quantitative estimate of drug-likeness (QED) is 0.562. The molecular weight excluding hydrogens is 426 g/mol. The van der Waals surface area contributed by atoms with E-state index >= 15 is 0 Å². The molecule has 0 bridgehead atoms. The van der Waals surface area contributed by atoms with Crippen molar-refractivity contribution in [1.29, 1.82) is 0 Å². The van der Waals surface area contributed by atoms with Crippen molar-refractivity contribution in [2.45, 2.75) is 38.5 Å². The lowest BCUT2D eigenvalue weighted by molar-refractivity contribution is -0.274. The first kappa shape index (κ1) is 22.1. The van der Waals surface area contributed by atoms with Crippen LogP contribution in [0, 0.1) is 17.0 Å². The lowest BCUT2D eigenvalue weighted by Gasteiger charge is -2.25. The Balaban J connectivity index is 1.58. The predicted molar refractivity (Wildman–Crippen MR) is 103 cm³/mol. The van der Waals surface area contributed by atoms with Gasteiger partial charge in [0.2, 0.25) is 5.91 Å². The first-order chi connectivity index (χ1) is 14.1. The number of anilines is 1. The fraction of sp³-hybridized carbons (Fsp3) is 0.400. The number of carbonyl (C=O) groups excluding carboxylic acids is 1. The van der Waals surface area contributed by atoms with Gasteiger partial charge in [0, 0.05) is 12.0 Å². The number of aliphatic carboxylic acids is 1. The first-order valence-corrected chi connectivity index (χ1v) is 10.1. The van der Waals surface area contributed by atoms with Crippen molar-refractivity contribution in [3.8, 4) is 16.9 Å². The summed E-state index contributed by atoms with van der Waals surface area (Å²) in [6, 6.07) is 6.22. The third kappa shape index (κ3) is 5.94. The van der Waals surface area contributed by atoms with Gasteiger partial charge in [0.05, 0.1) is 10.9 Å². The Morgan fingerprint density at radius 3 is 2.33 bits per heavy atom. The number of hydrogen-bond donors (Lipinski definition) is 2. The van der Waals surface area contributed by atoms with E-state index in [1.165, 1.54) is 18.2 Å². The van der Waals surface area contributed by atoms with E-state index in [2.05, 4.69) is 10.1 Å². The number of rotatable bonds is 6. The van der Waals surface area contributed by atoms with Crippen molar-refractivity contribution < 1.29 is 37.0 Å². The number of amides is 1. The van der Waals surface area contributed by atoms with Gasteiger partial charge in [-0.05, 0) is 55.4 Å². The number of halogens is 4. The minimum absolute atomic E-state index is 0.0889. The highest BCUT2D eigenvalue weighted by atomic mass is 32.1. The van der Waals surface area contributed by atoms with Crippen LogP contribution in [-0.4, -0.2) is 23.3 Å². The van der Waals surface area contributed by atoms with Gasteiger partial charge in [-0.2, -0.15) is 4.39 Å². The highest BCUT2D eigenvalue weighted by molar-refractivity contribution is 7.15. The molecule has 1 aromatic heterocycles. The Bertz CT molecular complexity index is 903. The molecule has 5 nitrogen and oxygen atoms in total. The van der Waals surface area contributed by atoms with Crippen molar-refractivity contribution in [1.82, 2.24) is 0 Å². The van der Waals surface area contributed by atoms with Crippen molar-refractivity contribution in [2.75, 3.05) is 5.32 Å². The summed E-state index contributed by atoms with van der Waals surface area (Å²) in [6.45, 7) is 0. The largest absolute Gasteiger partial charge is 0.573 e. The molecule has 1 aliphatic carbocycles. The van der Waals surface area contributed by atoms with Gasteiger partial charge >= 0.3 is 12.3 Å². The minimum atomic E-state index is -4.81. The van der Waals surface area contributed by atoms with E-state index in [4.69, 9.17) is 5.11 Å². The van der Waals surface area contributed by atoms with Crippen molar-refractivity contribution >= 4 is 28.2 Å². The number of carbonyl (C=O) groups is 2. The molecule has 1 saturated carbocycles. The highest BCUT2D eigenvalue weighted by Crippen LogP contribution is 2.36. The zero-order chi connectivity index (χ0) is 21.9. The van der Waals surface area contributed by atoms with Crippen LogP contribution in [0.2, 0.25) is 0 Å². The Morgan fingerprint density at radius 1 is 1.13 bits per heavy atom. The van der Waals surface area contributed by atoms with E-state index in [-0.39, 0.29) is 29.7 Å². The molecule has 1 fully saturated rings. The summed E-state index contributed by atoms with van der Waals surface area (Å²) >= 11 is 0.730. The second kappa shape index (κ2) is 9.03. The number of alkyl halides is 3. The maximum atomic E-state index is 14.3. The predicted octanol–water partition coefficient (Wildman–Crippen LogP) is 5.67. The molecule has 0 radical (unpaired) electrons. The van der Waals surface area contributed by atoms with Gasteiger partial charge in [0.15, 0.2) is 5.13 Å². The number of carboxylic acid groups (broad SMARTS) is 1. The van der Waals surface area contributed by atoms with E-state index in [1.54, 1.807) is 0 Å². The van der Waals surface area contributed by atoms with Crippen LogP contribution in [0.1, 0.15) is 32.1 Å². The van der Waals surface area contributed by atoms with Crippen LogP contribution in [0.4, 0.5) is 22.6 Å². The molecule has 2 aromatic rings.